The van der Waals surface area contributed by atoms with Gasteiger partial charge in [0.2, 0.25) is 0 Å². The van der Waals surface area contributed by atoms with Crippen LogP contribution in [0.15, 0.2) is 0 Å². The second-order valence-electron chi connectivity index (χ2n) is 10.9. The fourth-order valence-electron chi connectivity index (χ4n) is 8.82. The van der Waals surface area contributed by atoms with Crippen molar-refractivity contribution in [2.75, 3.05) is 0 Å². The molecule has 0 heterocycles. The molecule has 0 aromatic rings. The molecule has 0 aliphatic heterocycles. The second kappa shape index (κ2) is 5.71. The molecule has 2 heteroatoms. The van der Waals surface area contributed by atoms with Crippen molar-refractivity contribution < 1.29 is 0 Å². The molecule has 0 aromatic carbocycles. The molecule has 4 bridgehead atoms. The topological polar surface area (TPSA) is 52.0 Å². The van der Waals surface area contributed by atoms with E-state index in [9.17, 15) is 0 Å². The maximum absolute atomic E-state index is 6.23. The van der Waals surface area contributed by atoms with Crippen LogP contribution in [-0.2, 0) is 0 Å². The summed E-state index contributed by atoms with van der Waals surface area (Å²) >= 11 is 0. The van der Waals surface area contributed by atoms with Gasteiger partial charge in [0.1, 0.15) is 0 Å². The van der Waals surface area contributed by atoms with Crippen LogP contribution in [0.3, 0.4) is 0 Å². The fraction of sp³-hybridized carbons (Fsp3) is 1.00. The monoisotopic (exact) mass is 330 g/mol. The van der Waals surface area contributed by atoms with Crippen LogP contribution in [0.4, 0.5) is 0 Å². The number of nitrogens with two attached hydrogens (primary N) is 2. The SMILES string of the molecule is NC1CCC(C23CC4CC(C2)CC(C2CCC(N)CC2)(C4)C3)CC1. The molecule has 0 unspecified atom stereocenters. The molecule has 24 heavy (non-hydrogen) atoms. The van der Waals surface area contributed by atoms with Crippen molar-refractivity contribution in [1.29, 1.82) is 0 Å². The van der Waals surface area contributed by atoms with Crippen LogP contribution in [0.5, 0.6) is 0 Å². The van der Waals surface area contributed by atoms with Gasteiger partial charge in [0.05, 0.1) is 0 Å². The van der Waals surface area contributed by atoms with Crippen molar-refractivity contribution in [3.8, 4) is 0 Å². The first-order valence-corrected chi connectivity index (χ1v) is 11.1. The van der Waals surface area contributed by atoms with Gasteiger partial charge in [-0.3, -0.25) is 0 Å². The van der Waals surface area contributed by atoms with Crippen molar-refractivity contribution in [2.45, 2.75) is 102 Å². The first-order valence-electron chi connectivity index (χ1n) is 11.1. The maximum atomic E-state index is 6.23. The van der Waals surface area contributed by atoms with E-state index in [-0.39, 0.29) is 0 Å². The summed E-state index contributed by atoms with van der Waals surface area (Å²) in [5.41, 5.74) is 13.9. The Morgan fingerprint density at radius 3 is 1.29 bits per heavy atom. The van der Waals surface area contributed by atoms with Crippen LogP contribution >= 0.6 is 0 Å². The van der Waals surface area contributed by atoms with E-state index in [1.54, 1.807) is 38.5 Å². The van der Waals surface area contributed by atoms with Crippen molar-refractivity contribution in [1.82, 2.24) is 0 Å². The molecule has 0 amide bonds. The van der Waals surface area contributed by atoms with Crippen LogP contribution in [0.1, 0.15) is 89.9 Å². The quantitative estimate of drug-likeness (QED) is 0.777. The van der Waals surface area contributed by atoms with Gasteiger partial charge in [-0.1, -0.05) is 0 Å². The summed E-state index contributed by atoms with van der Waals surface area (Å²) in [4.78, 5) is 0. The van der Waals surface area contributed by atoms with E-state index in [1.807, 2.05) is 0 Å². The van der Waals surface area contributed by atoms with Crippen molar-refractivity contribution in [3.63, 3.8) is 0 Å². The van der Waals surface area contributed by atoms with Gasteiger partial charge in [-0.2, -0.15) is 0 Å². The van der Waals surface area contributed by atoms with Gasteiger partial charge in [-0.25, -0.2) is 0 Å². The van der Waals surface area contributed by atoms with Crippen LogP contribution in [0.2, 0.25) is 0 Å². The summed E-state index contributed by atoms with van der Waals surface area (Å²) in [6.45, 7) is 0. The molecule has 4 N–H and O–H groups in total. The highest BCUT2D eigenvalue weighted by molar-refractivity contribution is 5.12. The zero-order valence-electron chi connectivity index (χ0n) is 15.5. The maximum Gasteiger partial charge on any atom is 0.00390 e. The molecule has 6 saturated carbocycles. The minimum absolute atomic E-state index is 0.504. The lowest BCUT2D eigenvalue weighted by molar-refractivity contribution is -0.168. The molecule has 2 nitrogen and oxygen atoms in total. The van der Waals surface area contributed by atoms with E-state index < -0.39 is 0 Å². The fourth-order valence-corrected chi connectivity index (χ4v) is 8.82. The van der Waals surface area contributed by atoms with Crippen LogP contribution in [0, 0.1) is 34.5 Å². The molecule has 0 atom stereocenters. The third-order valence-corrected chi connectivity index (χ3v) is 9.43. The summed E-state index contributed by atoms with van der Waals surface area (Å²) in [6.07, 6.45) is 20.4. The smallest absolute Gasteiger partial charge is 0.00390 e. The summed E-state index contributed by atoms with van der Waals surface area (Å²) in [7, 11) is 0. The molecule has 0 spiro atoms. The van der Waals surface area contributed by atoms with E-state index >= 15 is 0 Å². The number of hydrogen-bond acceptors (Lipinski definition) is 2. The zero-order valence-corrected chi connectivity index (χ0v) is 15.5. The van der Waals surface area contributed by atoms with Crippen LogP contribution in [-0.4, -0.2) is 12.1 Å². The van der Waals surface area contributed by atoms with Gasteiger partial charge >= 0.3 is 0 Å². The molecular weight excluding hydrogens is 292 g/mol. The Bertz CT molecular complexity index is 416. The molecule has 136 valence electrons. The molecular formula is C22H38N2. The van der Waals surface area contributed by atoms with Crippen molar-refractivity contribution >= 4 is 0 Å². The molecule has 6 rings (SSSR count). The Hall–Kier alpha value is -0.0800. The third-order valence-electron chi connectivity index (χ3n) is 9.43. The summed E-state index contributed by atoms with van der Waals surface area (Å²) < 4.78 is 0. The molecule has 6 aliphatic carbocycles. The molecule has 0 aromatic heterocycles. The van der Waals surface area contributed by atoms with Gasteiger partial charge < -0.3 is 11.5 Å². The lowest BCUT2D eigenvalue weighted by Crippen LogP contribution is -2.58. The van der Waals surface area contributed by atoms with Crippen LogP contribution < -0.4 is 11.5 Å². The first kappa shape index (κ1) is 16.1. The van der Waals surface area contributed by atoms with Gasteiger partial charge in [0.25, 0.3) is 0 Å². The van der Waals surface area contributed by atoms with Crippen molar-refractivity contribution in [2.24, 2.45) is 46.0 Å². The molecule has 0 radical (unpaired) electrons. The highest BCUT2D eigenvalue weighted by Gasteiger charge is 2.61. The summed E-state index contributed by atoms with van der Waals surface area (Å²) in [5, 5.41) is 0. The predicted octanol–water partition coefficient (Wildman–Crippen LogP) is 4.61. The summed E-state index contributed by atoms with van der Waals surface area (Å²) in [5.74, 6) is 4.15. The average molecular weight is 331 g/mol. The second-order valence-corrected chi connectivity index (χ2v) is 10.9. The highest BCUT2D eigenvalue weighted by atomic mass is 14.7. The zero-order chi connectivity index (χ0) is 16.4. The van der Waals surface area contributed by atoms with Gasteiger partial charge in [-0.05, 0) is 124 Å². The lowest BCUT2D eigenvalue weighted by Gasteiger charge is -2.67. The predicted molar refractivity (Wildman–Crippen MR) is 99.4 cm³/mol. The minimum Gasteiger partial charge on any atom is -0.328 e. The van der Waals surface area contributed by atoms with E-state index in [1.165, 1.54) is 51.4 Å². The van der Waals surface area contributed by atoms with E-state index in [4.69, 9.17) is 11.5 Å². The molecule has 6 aliphatic rings. The normalized spacial score (nSPS) is 57.2. The van der Waals surface area contributed by atoms with E-state index in [0.717, 1.165) is 34.5 Å². The Morgan fingerprint density at radius 2 is 0.917 bits per heavy atom. The van der Waals surface area contributed by atoms with Gasteiger partial charge in [0, 0.05) is 12.1 Å². The number of hydrogen-bond donors (Lipinski definition) is 2. The summed E-state index contributed by atoms with van der Waals surface area (Å²) in [6, 6.07) is 1.01. The largest absolute Gasteiger partial charge is 0.328 e. The molecule has 0 saturated heterocycles. The molecule has 6 fully saturated rings. The standard InChI is InChI=1S/C22H38N2/c23-19-5-1-17(2-6-19)21-10-15-9-16(11-21)13-22(12-15,14-21)18-3-7-20(24)8-4-18/h15-20H,1-14,23-24H2. The Balaban J connectivity index is 1.40. The average Bonchev–Trinajstić information content (AvgIpc) is 2.54. The number of rotatable bonds is 2. The first-order chi connectivity index (χ1) is 11.6. The Kier molecular flexibility index (Phi) is 3.83. The van der Waals surface area contributed by atoms with Crippen LogP contribution in [0.25, 0.3) is 0 Å². The minimum atomic E-state index is 0.504. The van der Waals surface area contributed by atoms with E-state index in [0.29, 0.717) is 12.1 Å². The lowest BCUT2D eigenvalue weighted by atomic mass is 9.38. The Labute approximate surface area is 148 Å². The van der Waals surface area contributed by atoms with E-state index in [2.05, 4.69) is 0 Å². The van der Waals surface area contributed by atoms with Gasteiger partial charge in [-0.15, -0.1) is 0 Å². The van der Waals surface area contributed by atoms with Crippen molar-refractivity contribution in [3.05, 3.63) is 0 Å². The van der Waals surface area contributed by atoms with Gasteiger partial charge in [0.15, 0.2) is 0 Å². The highest BCUT2D eigenvalue weighted by Crippen LogP contribution is 2.71. The third kappa shape index (κ3) is 2.50. The Morgan fingerprint density at radius 1 is 0.542 bits per heavy atom.